The summed E-state index contributed by atoms with van der Waals surface area (Å²) in [5, 5.41) is 2.98. The van der Waals surface area contributed by atoms with Crippen LogP contribution in [0.4, 0.5) is 5.69 Å². The summed E-state index contributed by atoms with van der Waals surface area (Å²) in [5.41, 5.74) is 0.788. The molecule has 3 rings (SSSR count). The summed E-state index contributed by atoms with van der Waals surface area (Å²) in [7, 11) is 0. The molecule has 1 fully saturated rings. The van der Waals surface area contributed by atoms with Crippen molar-refractivity contribution in [2.24, 2.45) is 11.8 Å². The Morgan fingerprint density at radius 2 is 2.00 bits per heavy atom. The summed E-state index contributed by atoms with van der Waals surface area (Å²) in [4.78, 5) is 19.1. The molecule has 1 aliphatic heterocycles. The number of ether oxygens (including phenoxy) is 1. The molecule has 1 amide bonds. The number of hydrogen-bond acceptors (Lipinski definition) is 4. The lowest BCUT2D eigenvalue weighted by atomic mass is 9.99. The Kier molecular flexibility index (Phi) is 7.09. The number of nitrogens with zero attached hydrogens (tertiary/aromatic N) is 3. The summed E-state index contributed by atoms with van der Waals surface area (Å²) in [6.07, 6.45) is 6.22. The molecule has 1 aliphatic rings. The molecule has 1 aromatic carbocycles. The molecule has 1 atom stereocenters. The van der Waals surface area contributed by atoms with Crippen LogP contribution in [-0.2, 0) is 11.3 Å². The molecule has 6 heteroatoms. The molecule has 2 aromatic rings. The van der Waals surface area contributed by atoms with Gasteiger partial charge in [0.25, 0.3) is 0 Å². The van der Waals surface area contributed by atoms with Gasteiger partial charge in [-0.15, -0.1) is 0 Å². The van der Waals surface area contributed by atoms with Gasteiger partial charge < -0.3 is 14.6 Å². The first kappa shape index (κ1) is 20.4. The molecule has 2 heterocycles. The Labute approximate surface area is 167 Å². The zero-order valence-electron chi connectivity index (χ0n) is 17.2. The van der Waals surface area contributed by atoms with Crippen LogP contribution in [0.2, 0.25) is 0 Å². The van der Waals surface area contributed by atoms with Gasteiger partial charge in [-0.25, -0.2) is 4.98 Å². The fraction of sp³-hybridized carbons (Fsp3) is 0.545. The lowest BCUT2D eigenvalue weighted by Crippen LogP contribution is -2.35. The van der Waals surface area contributed by atoms with E-state index < -0.39 is 0 Å². The molecule has 0 bridgehead atoms. The number of aryl methyl sites for hydroxylation is 1. The van der Waals surface area contributed by atoms with Gasteiger partial charge in [-0.1, -0.05) is 13.8 Å². The molecule has 0 unspecified atom stereocenters. The van der Waals surface area contributed by atoms with Gasteiger partial charge in [0.05, 0.1) is 5.92 Å². The van der Waals surface area contributed by atoms with Crippen molar-refractivity contribution in [3.05, 3.63) is 42.5 Å². The molecular weight excluding hydrogens is 352 g/mol. The number of benzene rings is 1. The average Bonchev–Trinajstić information content (AvgIpc) is 3.09. The van der Waals surface area contributed by atoms with Crippen molar-refractivity contribution in [3.63, 3.8) is 0 Å². The molecule has 0 spiro atoms. The van der Waals surface area contributed by atoms with Gasteiger partial charge >= 0.3 is 0 Å². The van der Waals surface area contributed by atoms with E-state index in [9.17, 15) is 4.79 Å². The quantitative estimate of drug-likeness (QED) is 0.756. The first-order valence-corrected chi connectivity index (χ1v) is 10.2. The number of likely N-dealkylation sites (tertiary alicyclic amines) is 1. The number of amides is 1. The Hall–Kier alpha value is -2.34. The second-order valence-corrected chi connectivity index (χ2v) is 7.91. The van der Waals surface area contributed by atoms with Crippen molar-refractivity contribution in [3.8, 4) is 5.75 Å². The third-order valence-corrected chi connectivity index (χ3v) is 5.52. The largest absolute Gasteiger partial charge is 0.492 e. The first-order chi connectivity index (χ1) is 13.5. The zero-order chi connectivity index (χ0) is 19.9. The van der Waals surface area contributed by atoms with Crippen LogP contribution in [-0.4, -0.2) is 46.6 Å². The number of hydrogen-bond donors (Lipinski definition) is 1. The van der Waals surface area contributed by atoms with Crippen LogP contribution in [0.25, 0.3) is 0 Å². The van der Waals surface area contributed by atoms with Crippen molar-refractivity contribution in [2.45, 2.75) is 40.2 Å². The van der Waals surface area contributed by atoms with E-state index in [1.54, 1.807) is 6.20 Å². The first-order valence-electron chi connectivity index (χ1n) is 10.2. The summed E-state index contributed by atoms with van der Waals surface area (Å²) in [6, 6.07) is 7.62. The predicted octanol–water partition coefficient (Wildman–Crippen LogP) is 3.58. The molecule has 152 valence electrons. The van der Waals surface area contributed by atoms with Gasteiger partial charge in [-0.2, -0.15) is 0 Å². The Morgan fingerprint density at radius 3 is 2.64 bits per heavy atom. The van der Waals surface area contributed by atoms with E-state index in [0.717, 1.165) is 29.7 Å². The van der Waals surface area contributed by atoms with E-state index in [4.69, 9.17) is 4.74 Å². The van der Waals surface area contributed by atoms with Gasteiger partial charge in [0.2, 0.25) is 5.91 Å². The van der Waals surface area contributed by atoms with Crippen LogP contribution < -0.4 is 10.1 Å². The SMILES string of the molecule is Cc1nccn1C[C@H](C)C(=O)Nc1ccc(OCCN2CCC(C)CC2)cc1. The fourth-order valence-corrected chi connectivity index (χ4v) is 3.45. The number of anilines is 1. The Morgan fingerprint density at radius 1 is 1.29 bits per heavy atom. The van der Waals surface area contributed by atoms with Gasteiger partial charge in [0, 0.05) is 31.2 Å². The maximum Gasteiger partial charge on any atom is 0.229 e. The van der Waals surface area contributed by atoms with Gasteiger partial charge in [0.15, 0.2) is 0 Å². The highest BCUT2D eigenvalue weighted by Gasteiger charge is 2.16. The van der Waals surface area contributed by atoms with Crippen LogP contribution in [0.3, 0.4) is 0 Å². The van der Waals surface area contributed by atoms with Crippen LogP contribution in [0.1, 0.15) is 32.5 Å². The summed E-state index contributed by atoms with van der Waals surface area (Å²) < 4.78 is 7.85. The molecule has 0 radical (unpaired) electrons. The van der Waals surface area contributed by atoms with E-state index in [-0.39, 0.29) is 11.8 Å². The van der Waals surface area contributed by atoms with E-state index in [1.165, 1.54) is 25.9 Å². The van der Waals surface area contributed by atoms with Gasteiger partial charge in [-0.05, 0) is 63.0 Å². The van der Waals surface area contributed by atoms with Crippen molar-refractivity contribution in [1.29, 1.82) is 0 Å². The van der Waals surface area contributed by atoms with Crippen LogP contribution in [0.5, 0.6) is 5.75 Å². The molecule has 0 aliphatic carbocycles. The highest BCUT2D eigenvalue weighted by atomic mass is 16.5. The molecule has 1 saturated heterocycles. The maximum atomic E-state index is 12.4. The van der Waals surface area contributed by atoms with Crippen LogP contribution >= 0.6 is 0 Å². The molecule has 1 aromatic heterocycles. The van der Waals surface area contributed by atoms with E-state index in [2.05, 4.69) is 22.1 Å². The minimum Gasteiger partial charge on any atom is -0.492 e. The van der Waals surface area contributed by atoms with E-state index in [0.29, 0.717) is 13.2 Å². The Bertz CT molecular complexity index is 748. The normalized spacial score (nSPS) is 16.7. The second kappa shape index (κ2) is 9.73. The molecule has 6 nitrogen and oxygen atoms in total. The highest BCUT2D eigenvalue weighted by molar-refractivity contribution is 5.92. The van der Waals surface area contributed by atoms with E-state index >= 15 is 0 Å². The number of aromatic nitrogens is 2. The summed E-state index contributed by atoms with van der Waals surface area (Å²) in [5.74, 6) is 2.47. The summed E-state index contributed by atoms with van der Waals surface area (Å²) >= 11 is 0. The minimum atomic E-state index is -0.143. The van der Waals surface area contributed by atoms with Crippen molar-refractivity contribution >= 4 is 11.6 Å². The second-order valence-electron chi connectivity index (χ2n) is 7.91. The number of carbonyl (C=O) groups excluding carboxylic acids is 1. The third kappa shape index (κ3) is 5.83. The molecule has 0 saturated carbocycles. The highest BCUT2D eigenvalue weighted by Crippen LogP contribution is 2.18. The molecule has 28 heavy (non-hydrogen) atoms. The topological polar surface area (TPSA) is 59.4 Å². The van der Waals surface area contributed by atoms with Gasteiger partial charge in [0.1, 0.15) is 18.2 Å². The number of rotatable bonds is 8. The number of imidazole rings is 1. The molecular formula is C22H32N4O2. The number of carbonyl (C=O) groups is 1. The lowest BCUT2D eigenvalue weighted by Gasteiger charge is -2.29. The average molecular weight is 385 g/mol. The van der Waals surface area contributed by atoms with E-state index in [1.807, 2.05) is 48.9 Å². The number of piperidine rings is 1. The zero-order valence-corrected chi connectivity index (χ0v) is 17.2. The van der Waals surface area contributed by atoms with Crippen LogP contribution in [0, 0.1) is 18.8 Å². The van der Waals surface area contributed by atoms with Gasteiger partial charge in [-0.3, -0.25) is 9.69 Å². The minimum absolute atomic E-state index is 0.00101. The molecule has 1 N–H and O–H groups in total. The third-order valence-electron chi connectivity index (χ3n) is 5.52. The maximum absolute atomic E-state index is 12.4. The van der Waals surface area contributed by atoms with Crippen molar-refractivity contribution in [1.82, 2.24) is 14.5 Å². The predicted molar refractivity (Wildman–Crippen MR) is 112 cm³/mol. The monoisotopic (exact) mass is 384 g/mol. The lowest BCUT2D eigenvalue weighted by molar-refractivity contribution is -0.119. The smallest absolute Gasteiger partial charge is 0.229 e. The fourth-order valence-electron chi connectivity index (χ4n) is 3.45. The number of nitrogens with one attached hydrogen (secondary N) is 1. The Balaban J connectivity index is 1.41. The standard InChI is InChI=1S/C22H32N4O2/c1-17-8-11-25(12-9-17)14-15-28-21-6-4-20(5-7-21)24-22(27)18(2)16-26-13-10-23-19(26)3/h4-7,10,13,17-18H,8-9,11-12,14-16H2,1-3H3,(H,24,27)/t18-/m0/s1. The van der Waals surface area contributed by atoms with Crippen LogP contribution in [0.15, 0.2) is 36.7 Å². The summed E-state index contributed by atoms with van der Waals surface area (Å²) in [6.45, 7) is 10.8. The van der Waals surface area contributed by atoms with Crippen molar-refractivity contribution in [2.75, 3.05) is 31.6 Å². The van der Waals surface area contributed by atoms with Crippen molar-refractivity contribution < 1.29 is 9.53 Å².